The van der Waals surface area contributed by atoms with Gasteiger partial charge in [-0.3, -0.25) is 20.1 Å². The number of nitrogens with one attached hydrogen (secondary N) is 1. The molecule has 0 fully saturated rings. The molecule has 0 saturated heterocycles. The summed E-state index contributed by atoms with van der Waals surface area (Å²) in [7, 11) is 0. The average molecular weight is 309 g/mol. The van der Waals surface area contributed by atoms with Crippen LogP contribution in [0.2, 0.25) is 0 Å². The summed E-state index contributed by atoms with van der Waals surface area (Å²) in [6, 6.07) is 4.23. The molecule has 0 aliphatic heterocycles. The fourth-order valence-corrected chi connectivity index (χ4v) is 2.30. The molecule has 2 N–H and O–H groups in total. The molecule has 0 bridgehead atoms. The second-order valence-corrected chi connectivity index (χ2v) is 6.09. The van der Waals surface area contributed by atoms with Crippen molar-refractivity contribution >= 4 is 17.3 Å². The molecule has 0 radical (unpaired) electrons. The van der Waals surface area contributed by atoms with E-state index < -0.39 is 10.8 Å². The van der Waals surface area contributed by atoms with Crippen molar-refractivity contribution in [2.75, 3.05) is 18.0 Å². The van der Waals surface area contributed by atoms with Crippen LogP contribution in [0.5, 0.6) is 0 Å². The van der Waals surface area contributed by atoms with Gasteiger partial charge in [-0.2, -0.15) is 0 Å². The second kappa shape index (κ2) is 7.74. The maximum Gasteiger partial charge on any atom is 0.293 e. The number of hydroxylamine groups is 1. The third-order valence-corrected chi connectivity index (χ3v) is 3.05. The van der Waals surface area contributed by atoms with Crippen molar-refractivity contribution in [1.82, 2.24) is 5.48 Å². The van der Waals surface area contributed by atoms with Crippen LogP contribution in [0.15, 0.2) is 18.2 Å². The minimum absolute atomic E-state index is 0.0481. The van der Waals surface area contributed by atoms with Crippen LogP contribution in [0, 0.1) is 22.0 Å². The first-order valence-corrected chi connectivity index (χ1v) is 7.24. The van der Waals surface area contributed by atoms with Gasteiger partial charge in [0.2, 0.25) is 0 Å². The van der Waals surface area contributed by atoms with Gasteiger partial charge in [0.15, 0.2) is 0 Å². The summed E-state index contributed by atoms with van der Waals surface area (Å²) in [5, 5.41) is 20.0. The van der Waals surface area contributed by atoms with Crippen LogP contribution in [-0.4, -0.2) is 29.1 Å². The van der Waals surface area contributed by atoms with E-state index in [2.05, 4.69) is 0 Å². The highest BCUT2D eigenvalue weighted by Crippen LogP contribution is 2.30. The number of carbonyl (C=O) groups excluding carboxylic acids is 1. The van der Waals surface area contributed by atoms with Gasteiger partial charge in [0.05, 0.1) is 4.92 Å². The monoisotopic (exact) mass is 309 g/mol. The predicted octanol–water partition coefficient (Wildman–Crippen LogP) is 2.83. The fourth-order valence-electron chi connectivity index (χ4n) is 2.30. The number of nitro groups is 1. The standard InChI is InChI=1S/C15H23N3O4/c1-10(2)8-17(9-11(3)4)13-6-5-12(15(19)16-20)7-14(13)18(21)22/h5-7,10-11,20H,8-9H2,1-4H3,(H,16,19). The number of nitro benzene ring substituents is 1. The Morgan fingerprint density at radius 1 is 1.27 bits per heavy atom. The van der Waals surface area contributed by atoms with E-state index in [1.54, 1.807) is 6.07 Å². The molecule has 0 spiro atoms. The third kappa shape index (κ3) is 4.70. The number of hydrogen-bond donors (Lipinski definition) is 2. The largest absolute Gasteiger partial charge is 0.365 e. The molecule has 0 heterocycles. The zero-order valence-electron chi connectivity index (χ0n) is 13.4. The molecule has 7 nitrogen and oxygen atoms in total. The van der Waals surface area contributed by atoms with Crippen LogP contribution in [-0.2, 0) is 0 Å². The Labute approximate surface area is 130 Å². The number of amides is 1. The lowest BCUT2D eigenvalue weighted by molar-refractivity contribution is -0.384. The van der Waals surface area contributed by atoms with E-state index in [9.17, 15) is 14.9 Å². The molecule has 22 heavy (non-hydrogen) atoms. The molecular weight excluding hydrogens is 286 g/mol. The van der Waals surface area contributed by atoms with Gasteiger partial charge in [-0.25, -0.2) is 5.48 Å². The van der Waals surface area contributed by atoms with Gasteiger partial charge in [0, 0.05) is 24.7 Å². The molecule has 1 rings (SSSR count). The zero-order valence-corrected chi connectivity index (χ0v) is 13.4. The summed E-state index contributed by atoms with van der Waals surface area (Å²) >= 11 is 0. The molecule has 0 aliphatic rings. The summed E-state index contributed by atoms with van der Waals surface area (Å²) in [5.74, 6) is -0.0774. The summed E-state index contributed by atoms with van der Waals surface area (Å²) in [6.45, 7) is 9.56. The highest BCUT2D eigenvalue weighted by atomic mass is 16.6. The molecule has 0 unspecified atom stereocenters. The van der Waals surface area contributed by atoms with E-state index in [4.69, 9.17) is 5.21 Å². The topological polar surface area (TPSA) is 95.7 Å². The molecular formula is C15H23N3O4. The lowest BCUT2D eigenvalue weighted by atomic mass is 10.1. The zero-order chi connectivity index (χ0) is 16.9. The summed E-state index contributed by atoms with van der Waals surface area (Å²) < 4.78 is 0. The predicted molar refractivity (Wildman–Crippen MR) is 84.2 cm³/mol. The minimum Gasteiger partial charge on any atom is -0.365 e. The quantitative estimate of drug-likeness (QED) is 0.459. The van der Waals surface area contributed by atoms with Gasteiger partial charge in [-0.1, -0.05) is 27.7 Å². The summed E-state index contributed by atoms with van der Waals surface area (Å²) in [4.78, 5) is 24.2. The number of nitrogens with zero attached hydrogens (tertiary/aromatic N) is 2. The van der Waals surface area contributed by atoms with Crippen LogP contribution in [0.3, 0.4) is 0 Å². The first-order chi connectivity index (χ1) is 10.3. The Morgan fingerprint density at radius 2 is 1.82 bits per heavy atom. The maximum atomic E-state index is 11.4. The van der Waals surface area contributed by atoms with Gasteiger partial charge in [-0.15, -0.1) is 0 Å². The van der Waals surface area contributed by atoms with Crippen molar-refractivity contribution in [2.24, 2.45) is 11.8 Å². The molecule has 0 aromatic heterocycles. The first kappa shape index (κ1) is 17.9. The smallest absolute Gasteiger partial charge is 0.293 e. The Balaban J connectivity index is 3.29. The average Bonchev–Trinajstić information content (AvgIpc) is 2.44. The lowest BCUT2D eigenvalue weighted by Crippen LogP contribution is -2.32. The van der Waals surface area contributed by atoms with Gasteiger partial charge in [0.1, 0.15) is 5.69 Å². The summed E-state index contributed by atoms with van der Waals surface area (Å²) in [6.07, 6.45) is 0. The Bertz CT molecular complexity index is 534. The minimum atomic E-state index is -0.770. The van der Waals surface area contributed by atoms with E-state index in [-0.39, 0.29) is 11.3 Å². The molecule has 0 aliphatic carbocycles. The van der Waals surface area contributed by atoms with Crippen molar-refractivity contribution in [2.45, 2.75) is 27.7 Å². The Hall–Kier alpha value is -2.15. The van der Waals surface area contributed by atoms with Crippen LogP contribution >= 0.6 is 0 Å². The molecule has 1 aromatic rings. The molecule has 122 valence electrons. The molecule has 7 heteroatoms. The normalized spacial score (nSPS) is 10.9. The van der Waals surface area contributed by atoms with E-state index >= 15 is 0 Å². The van der Waals surface area contributed by atoms with Crippen molar-refractivity contribution in [3.05, 3.63) is 33.9 Å². The van der Waals surface area contributed by atoms with Gasteiger partial charge < -0.3 is 4.90 Å². The molecule has 0 atom stereocenters. The fraction of sp³-hybridized carbons (Fsp3) is 0.533. The number of carbonyl (C=O) groups is 1. The maximum absolute atomic E-state index is 11.4. The SMILES string of the molecule is CC(C)CN(CC(C)C)c1ccc(C(=O)NO)cc1[N+](=O)[O-]. The Morgan fingerprint density at radius 3 is 2.23 bits per heavy atom. The Kier molecular flexibility index (Phi) is 6.30. The second-order valence-electron chi connectivity index (χ2n) is 6.09. The van der Waals surface area contributed by atoms with E-state index in [1.165, 1.54) is 17.6 Å². The molecule has 0 saturated carbocycles. The van der Waals surface area contributed by atoms with E-state index in [1.807, 2.05) is 32.6 Å². The molecule has 1 aromatic carbocycles. The number of rotatable bonds is 7. The van der Waals surface area contributed by atoms with E-state index in [0.29, 0.717) is 30.6 Å². The van der Waals surface area contributed by atoms with Crippen molar-refractivity contribution in [3.63, 3.8) is 0 Å². The van der Waals surface area contributed by atoms with E-state index in [0.717, 1.165) is 0 Å². The van der Waals surface area contributed by atoms with Crippen molar-refractivity contribution < 1.29 is 14.9 Å². The number of anilines is 1. The van der Waals surface area contributed by atoms with Crippen LogP contribution in [0.25, 0.3) is 0 Å². The number of hydrogen-bond acceptors (Lipinski definition) is 5. The first-order valence-electron chi connectivity index (χ1n) is 7.24. The van der Waals surface area contributed by atoms with Crippen molar-refractivity contribution in [3.8, 4) is 0 Å². The highest BCUT2D eigenvalue weighted by Gasteiger charge is 2.23. The van der Waals surface area contributed by atoms with Gasteiger partial charge in [-0.05, 0) is 24.0 Å². The van der Waals surface area contributed by atoms with Crippen LogP contribution in [0.1, 0.15) is 38.1 Å². The van der Waals surface area contributed by atoms with Crippen LogP contribution < -0.4 is 10.4 Å². The van der Waals surface area contributed by atoms with Crippen LogP contribution in [0.4, 0.5) is 11.4 Å². The van der Waals surface area contributed by atoms with Crippen molar-refractivity contribution in [1.29, 1.82) is 0 Å². The third-order valence-electron chi connectivity index (χ3n) is 3.05. The van der Waals surface area contributed by atoms with Gasteiger partial charge >= 0.3 is 0 Å². The molecule has 1 amide bonds. The summed E-state index contributed by atoms with van der Waals surface area (Å²) in [5.41, 5.74) is 1.88. The lowest BCUT2D eigenvalue weighted by Gasteiger charge is -2.28. The highest BCUT2D eigenvalue weighted by molar-refractivity contribution is 5.95. The van der Waals surface area contributed by atoms with Gasteiger partial charge in [0.25, 0.3) is 11.6 Å². The number of benzene rings is 1.